The van der Waals surface area contributed by atoms with Gasteiger partial charge in [-0.1, -0.05) is 42.8 Å². The summed E-state index contributed by atoms with van der Waals surface area (Å²) in [7, 11) is 0. The largest absolute Gasteiger partial charge is 0.454 e. The van der Waals surface area contributed by atoms with E-state index in [0.717, 1.165) is 63.5 Å². The molecule has 5 nitrogen and oxygen atoms in total. The van der Waals surface area contributed by atoms with Crippen LogP contribution in [0.15, 0.2) is 48.7 Å². The van der Waals surface area contributed by atoms with E-state index in [1.54, 1.807) is 11.3 Å². The van der Waals surface area contributed by atoms with Crippen LogP contribution in [0.4, 0.5) is 0 Å². The van der Waals surface area contributed by atoms with Crippen LogP contribution in [0.3, 0.4) is 0 Å². The van der Waals surface area contributed by atoms with Crippen molar-refractivity contribution in [2.24, 2.45) is 5.92 Å². The summed E-state index contributed by atoms with van der Waals surface area (Å²) in [4.78, 5) is 21.8. The van der Waals surface area contributed by atoms with Crippen molar-refractivity contribution in [3.63, 3.8) is 0 Å². The number of likely N-dealkylation sites (tertiary alicyclic amines) is 1. The van der Waals surface area contributed by atoms with Gasteiger partial charge in [-0.15, -0.1) is 11.3 Å². The molecule has 176 valence electrons. The van der Waals surface area contributed by atoms with Crippen molar-refractivity contribution in [3.8, 4) is 11.5 Å². The van der Waals surface area contributed by atoms with Gasteiger partial charge in [-0.05, 0) is 61.1 Å². The summed E-state index contributed by atoms with van der Waals surface area (Å²) in [6, 6.07) is 14.0. The lowest BCUT2D eigenvalue weighted by molar-refractivity contribution is -0.120. The van der Waals surface area contributed by atoms with Crippen LogP contribution in [0.5, 0.6) is 11.5 Å². The van der Waals surface area contributed by atoms with Crippen LogP contribution in [-0.2, 0) is 16.6 Å². The molecule has 3 aromatic rings. The topological polar surface area (TPSA) is 51.7 Å². The number of halogens is 1. The molecule has 1 saturated carbocycles. The molecular formula is C27H27ClN2O3S. The Morgan fingerprint density at radius 2 is 2.06 bits per heavy atom. The second-order valence-corrected chi connectivity index (χ2v) is 11.3. The minimum Gasteiger partial charge on any atom is -0.454 e. The van der Waals surface area contributed by atoms with Crippen LogP contribution < -0.4 is 9.47 Å². The van der Waals surface area contributed by atoms with Gasteiger partial charge in [0.15, 0.2) is 11.5 Å². The summed E-state index contributed by atoms with van der Waals surface area (Å²) in [6.07, 6.45) is 5.23. The first-order valence-electron chi connectivity index (χ1n) is 11.9. The highest BCUT2D eigenvalue weighted by atomic mass is 35.5. The van der Waals surface area contributed by atoms with Crippen LogP contribution in [0, 0.1) is 5.92 Å². The second kappa shape index (κ2) is 8.67. The van der Waals surface area contributed by atoms with Crippen molar-refractivity contribution in [3.05, 3.63) is 74.7 Å². The molecule has 3 heterocycles. The van der Waals surface area contributed by atoms with E-state index in [2.05, 4.69) is 17.9 Å². The maximum Gasteiger partial charge on any atom is 0.231 e. The summed E-state index contributed by atoms with van der Waals surface area (Å²) < 4.78 is 11.0. The molecule has 2 aromatic carbocycles. The molecule has 1 aromatic heterocycles. The Morgan fingerprint density at radius 1 is 1.24 bits per heavy atom. The van der Waals surface area contributed by atoms with E-state index < -0.39 is 5.41 Å². The van der Waals surface area contributed by atoms with Gasteiger partial charge < -0.3 is 9.47 Å². The SMILES string of the molecule is C[C@H]1CCN([C@H](c2cnc(CC(=O)C3(c4ccc5c(c4)OCO5)CC3)s2)c2ccccc2Cl)C1. The predicted octanol–water partition coefficient (Wildman–Crippen LogP) is 5.80. The number of carbonyl (C=O) groups is 1. The first-order chi connectivity index (χ1) is 16.5. The Morgan fingerprint density at radius 3 is 2.82 bits per heavy atom. The lowest BCUT2D eigenvalue weighted by atomic mass is 9.89. The van der Waals surface area contributed by atoms with Crippen molar-refractivity contribution < 1.29 is 14.3 Å². The molecule has 2 fully saturated rings. The number of hydrogen-bond acceptors (Lipinski definition) is 6. The van der Waals surface area contributed by atoms with Gasteiger partial charge in [-0.25, -0.2) is 4.98 Å². The lowest BCUT2D eigenvalue weighted by Crippen LogP contribution is -2.27. The Kier molecular flexibility index (Phi) is 5.63. The molecule has 2 aliphatic heterocycles. The van der Waals surface area contributed by atoms with Crippen LogP contribution >= 0.6 is 22.9 Å². The highest BCUT2D eigenvalue weighted by molar-refractivity contribution is 7.11. The van der Waals surface area contributed by atoms with Crippen molar-refractivity contribution in [1.82, 2.24) is 9.88 Å². The summed E-state index contributed by atoms with van der Waals surface area (Å²) in [5, 5.41) is 1.65. The second-order valence-electron chi connectivity index (χ2n) is 9.72. The number of Topliss-reactive ketones (excluding diaryl/α,β-unsaturated/α-hetero) is 1. The first kappa shape index (κ1) is 22.1. The van der Waals surface area contributed by atoms with E-state index in [0.29, 0.717) is 12.3 Å². The Bertz CT molecular complexity index is 1240. The highest BCUT2D eigenvalue weighted by Crippen LogP contribution is 2.52. The molecule has 0 unspecified atom stereocenters. The molecule has 0 bridgehead atoms. The fourth-order valence-electron chi connectivity index (χ4n) is 5.32. The number of hydrogen-bond donors (Lipinski definition) is 0. The molecule has 0 N–H and O–H groups in total. The fourth-order valence-corrected chi connectivity index (χ4v) is 6.63. The summed E-state index contributed by atoms with van der Waals surface area (Å²) >= 11 is 8.28. The predicted molar refractivity (Wildman–Crippen MR) is 133 cm³/mol. The molecule has 0 spiro atoms. The van der Waals surface area contributed by atoms with E-state index in [4.69, 9.17) is 26.1 Å². The summed E-state index contributed by atoms with van der Waals surface area (Å²) in [5.41, 5.74) is 1.72. The molecule has 2 atom stereocenters. The van der Waals surface area contributed by atoms with Gasteiger partial charge in [0.1, 0.15) is 10.8 Å². The van der Waals surface area contributed by atoms with Crippen molar-refractivity contribution >= 4 is 28.7 Å². The van der Waals surface area contributed by atoms with Gasteiger partial charge in [-0.2, -0.15) is 0 Å². The van der Waals surface area contributed by atoms with Gasteiger partial charge in [-0.3, -0.25) is 9.69 Å². The third-order valence-electron chi connectivity index (χ3n) is 7.38. The Hall–Kier alpha value is -2.41. The quantitative estimate of drug-likeness (QED) is 0.415. The van der Waals surface area contributed by atoms with Crippen LogP contribution in [0.2, 0.25) is 5.02 Å². The van der Waals surface area contributed by atoms with E-state index in [1.807, 2.05) is 42.6 Å². The number of carbonyl (C=O) groups excluding carboxylic acids is 1. The number of benzene rings is 2. The monoisotopic (exact) mass is 494 g/mol. The number of rotatable bonds is 7. The number of ketones is 1. The van der Waals surface area contributed by atoms with E-state index in [1.165, 1.54) is 6.42 Å². The van der Waals surface area contributed by atoms with Crippen LogP contribution in [0.25, 0.3) is 0 Å². The number of nitrogens with zero attached hydrogens (tertiary/aromatic N) is 2. The maximum absolute atomic E-state index is 13.5. The number of fused-ring (bicyclic) bond motifs is 1. The Labute approximate surface area is 208 Å². The molecule has 7 heteroatoms. The lowest BCUT2D eigenvalue weighted by Gasteiger charge is -2.28. The van der Waals surface area contributed by atoms with Crippen LogP contribution in [-0.4, -0.2) is 35.5 Å². The molecule has 0 radical (unpaired) electrons. The fraction of sp³-hybridized carbons (Fsp3) is 0.407. The Balaban J connectivity index is 1.25. The molecule has 3 aliphatic rings. The zero-order chi connectivity index (χ0) is 23.3. The molecule has 6 rings (SSSR count). The van der Waals surface area contributed by atoms with Gasteiger partial charge in [0.05, 0.1) is 17.9 Å². The third kappa shape index (κ3) is 3.92. The minimum absolute atomic E-state index is 0.0729. The van der Waals surface area contributed by atoms with E-state index in [9.17, 15) is 4.79 Å². The molecular weight excluding hydrogens is 468 g/mol. The summed E-state index contributed by atoms with van der Waals surface area (Å²) in [5.74, 6) is 2.38. The van der Waals surface area contributed by atoms with Gasteiger partial charge in [0.2, 0.25) is 6.79 Å². The number of aromatic nitrogens is 1. The average Bonchev–Trinajstić information content (AvgIpc) is 3.13. The molecule has 0 amide bonds. The smallest absolute Gasteiger partial charge is 0.231 e. The van der Waals surface area contributed by atoms with Crippen molar-refractivity contribution in [2.75, 3.05) is 19.9 Å². The average molecular weight is 495 g/mol. The van der Waals surface area contributed by atoms with Gasteiger partial charge in [0.25, 0.3) is 0 Å². The zero-order valence-corrected chi connectivity index (χ0v) is 20.7. The minimum atomic E-state index is -0.417. The molecule has 1 saturated heterocycles. The number of thiazole rings is 1. The number of ether oxygens (including phenoxy) is 2. The van der Waals surface area contributed by atoms with E-state index >= 15 is 0 Å². The van der Waals surface area contributed by atoms with Crippen LogP contribution in [0.1, 0.15) is 53.2 Å². The highest BCUT2D eigenvalue weighted by Gasteiger charge is 2.51. The van der Waals surface area contributed by atoms with Crippen molar-refractivity contribution in [2.45, 2.75) is 44.1 Å². The third-order valence-corrected chi connectivity index (χ3v) is 8.78. The maximum atomic E-state index is 13.5. The zero-order valence-electron chi connectivity index (χ0n) is 19.1. The molecule has 34 heavy (non-hydrogen) atoms. The van der Waals surface area contributed by atoms with Crippen molar-refractivity contribution in [1.29, 1.82) is 0 Å². The first-order valence-corrected chi connectivity index (χ1v) is 13.1. The standard InChI is InChI=1S/C27H27ClN2O3S/c1-17-8-11-30(15-17)26(19-4-2-3-5-20(19)28)23-14-29-25(34-23)13-24(31)27(9-10-27)18-6-7-21-22(12-18)33-16-32-21/h2-7,12,14,17,26H,8-11,13,15-16H2,1H3/t17-,26-/m0/s1. The van der Waals surface area contributed by atoms with Gasteiger partial charge in [0, 0.05) is 22.6 Å². The van der Waals surface area contributed by atoms with E-state index in [-0.39, 0.29) is 18.6 Å². The van der Waals surface area contributed by atoms with Gasteiger partial charge >= 0.3 is 0 Å². The normalized spacial score (nSPS) is 21.5. The summed E-state index contributed by atoms with van der Waals surface area (Å²) in [6.45, 7) is 4.61. The molecule has 1 aliphatic carbocycles.